The molecule has 0 radical (unpaired) electrons. The zero-order chi connectivity index (χ0) is 15.5. The summed E-state index contributed by atoms with van der Waals surface area (Å²) in [6.07, 6.45) is 0. The van der Waals surface area contributed by atoms with Crippen molar-refractivity contribution < 1.29 is 27.4 Å². The molecule has 1 aromatic carbocycles. The van der Waals surface area contributed by atoms with Crippen LogP contribution in [0.5, 0.6) is 5.75 Å². The van der Waals surface area contributed by atoms with Crippen molar-refractivity contribution in [1.29, 1.82) is 0 Å². The van der Waals surface area contributed by atoms with Crippen LogP contribution in [-0.4, -0.2) is 58.7 Å². The fraction of sp³-hybridized carbons (Fsp3) is 0.462. The van der Waals surface area contributed by atoms with Gasteiger partial charge in [0.15, 0.2) is 0 Å². The van der Waals surface area contributed by atoms with Crippen LogP contribution in [0.2, 0.25) is 0 Å². The van der Waals surface area contributed by atoms with Crippen molar-refractivity contribution in [2.24, 2.45) is 0 Å². The Labute approximate surface area is 123 Å². The van der Waals surface area contributed by atoms with E-state index in [2.05, 4.69) is 4.74 Å². The van der Waals surface area contributed by atoms with Gasteiger partial charge < -0.3 is 14.2 Å². The van der Waals surface area contributed by atoms with Crippen LogP contribution >= 0.6 is 0 Å². The van der Waals surface area contributed by atoms with Crippen molar-refractivity contribution >= 4 is 16.0 Å². The number of ether oxygens (including phenoxy) is 3. The van der Waals surface area contributed by atoms with E-state index in [9.17, 15) is 13.2 Å². The highest BCUT2D eigenvalue weighted by Gasteiger charge is 2.40. The van der Waals surface area contributed by atoms with Gasteiger partial charge in [-0.1, -0.05) is 12.1 Å². The summed E-state index contributed by atoms with van der Waals surface area (Å²) in [6, 6.07) is 5.29. The van der Waals surface area contributed by atoms with Gasteiger partial charge in [-0.05, 0) is 12.1 Å². The molecule has 1 aliphatic heterocycles. The number of esters is 1. The van der Waals surface area contributed by atoms with Crippen LogP contribution in [0.25, 0.3) is 0 Å². The number of methoxy groups -OCH3 is 2. The predicted molar refractivity (Wildman–Crippen MR) is 73.5 cm³/mol. The Morgan fingerprint density at radius 3 is 2.71 bits per heavy atom. The molecule has 1 aliphatic rings. The van der Waals surface area contributed by atoms with E-state index in [1.807, 2.05) is 0 Å². The van der Waals surface area contributed by atoms with Crippen molar-refractivity contribution in [3.8, 4) is 5.75 Å². The second-order valence-corrected chi connectivity index (χ2v) is 6.24. The van der Waals surface area contributed by atoms with Gasteiger partial charge in [0.1, 0.15) is 16.7 Å². The number of sulfonamides is 1. The largest absolute Gasteiger partial charge is 0.495 e. The summed E-state index contributed by atoms with van der Waals surface area (Å²) >= 11 is 0. The van der Waals surface area contributed by atoms with Crippen LogP contribution in [0.3, 0.4) is 0 Å². The number of hydrogen-bond acceptors (Lipinski definition) is 6. The minimum Gasteiger partial charge on any atom is -0.495 e. The topological polar surface area (TPSA) is 82.1 Å². The van der Waals surface area contributed by atoms with Gasteiger partial charge in [-0.3, -0.25) is 4.79 Å². The number of morpholine rings is 1. The molecule has 1 aromatic rings. The summed E-state index contributed by atoms with van der Waals surface area (Å²) in [4.78, 5) is 11.8. The highest BCUT2D eigenvalue weighted by atomic mass is 32.2. The Hall–Kier alpha value is -1.64. The van der Waals surface area contributed by atoms with E-state index in [1.165, 1.54) is 20.3 Å². The van der Waals surface area contributed by atoms with Gasteiger partial charge in [0.05, 0.1) is 27.4 Å². The third-order valence-corrected chi connectivity index (χ3v) is 5.16. The van der Waals surface area contributed by atoms with Crippen LogP contribution in [0, 0.1) is 0 Å². The number of nitrogens with zero attached hydrogens (tertiary/aromatic N) is 1. The zero-order valence-electron chi connectivity index (χ0n) is 11.8. The van der Waals surface area contributed by atoms with Gasteiger partial charge in [-0.2, -0.15) is 4.31 Å². The van der Waals surface area contributed by atoms with Crippen molar-refractivity contribution in [3.63, 3.8) is 0 Å². The molecule has 0 bridgehead atoms. The molecule has 21 heavy (non-hydrogen) atoms. The molecule has 1 unspecified atom stereocenters. The minimum absolute atomic E-state index is 0.0169. The number of para-hydroxylation sites is 1. The van der Waals surface area contributed by atoms with Crippen molar-refractivity contribution in [1.82, 2.24) is 4.31 Å². The molecular weight excluding hydrogens is 298 g/mol. The number of rotatable bonds is 4. The van der Waals surface area contributed by atoms with E-state index in [0.717, 1.165) is 4.31 Å². The summed E-state index contributed by atoms with van der Waals surface area (Å²) in [5.74, 6) is -0.416. The van der Waals surface area contributed by atoms with E-state index in [4.69, 9.17) is 9.47 Å². The number of carbonyl (C=O) groups excluding carboxylic acids is 1. The standard InChI is InChI=1S/C13H17NO6S/c1-18-11-5-3-4-6-12(11)21(16,17)14-7-8-20-9-10(14)13(15)19-2/h3-6,10H,7-9H2,1-2H3. The maximum atomic E-state index is 12.8. The molecule has 0 N–H and O–H groups in total. The molecule has 0 spiro atoms. The molecule has 2 rings (SSSR count). The molecule has 0 aliphatic carbocycles. The van der Waals surface area contributed by atoms with Crippen LogP contribution in [-0.2, 0) is 24.3 Å². The Kier molecular flexibility index (Phi) is 4.81. The summed E-state index contributed by atoms with van der Waals surface area (Å²) in [5.41, 5.74) is 0. The summed E-state index contributed by atoms with van der Waals surface area (Å²) in [5, 5.41) is 0. The fourth-order valence-corrected chi connectivity index (χ4v) is 3.86. The molecule has 1 heterocycles. The maximum Gasteiger partial charge on any atom is 0.326 e. The normalized spacial score (nSPS) is 20.0. The molecule has 0 saturated carbocycles. The first-order valence-corrected chi connectivity index (χ1v) is 7.77. The van der Waals surface area contributed by atoms with E-state index < -0.39 is 22.0 Å². The van der Waals surface area contributed by atoms with Crippen LogP contribution in [0.15, 0.2) is 29.2 Å². The quantitative estimate of drug-likeness (QED) is 0.741. The average molecular weight is 315 g/mol. The van der Waals surface area contributed by atoms with E-state index in [0.29, 0.717) is 0 Å². The second-order valence-electron chi connectivity index (χ2n) is 4.38. The minimum atomic E-state index is -3.88. The molecule has 1 saturated heterocycles. The monoisotopic (exact) mass is 315 g/mol. The van der Waals surface area contributed by atoms with Gasteiger partial charge in [0.2, 0.25) is 10.0 Å². The lowest BCUT2D eigenvalue weighted by molar-refractivity contribution is -0.149. The van der Waals surface area contributed by atoms with Gasteiger partial charge in [-0.25, -0.2) is 8.42 Å². The van der Waals surface area contributed by atoms with E-state index >= 15 is 0 Å². The summed E-state index contributed by atoms with van der Waals surface area (Å²) in [7, 11) is -1.27. The lowest BCUT2D eigenvalue weighted by Gasteiger charge is -2.32. The summed E-state index contributed by atoms with van der Waals surface area (Å²) in [6.45, 7) is 0.281. The average Bonchev–Trinajstić information content (AvgIpc) is 2.54. The number of benzene rings is 1. The smallest absolute Gasteiger partial charge is 0.326 e. The first kappa shape index (κ1) is 15.7. The molecule has 116 valence electrons. The van der Waals surface area contributed by atoms with E-state index in [1.54, 1.807) is 18.2 Å². The SMILES string of the molecule is COC(=O)C1COCCN1S(=O)(=O)c1ccccc1OC. The van der Waals surface area contributed by atoms with Crippen molar-refractivity contribution in [2.75, 3.05) is 34.0 Å². The highest BCUT2D eigenvalue weighted by molar-refractivity contribution is 7.89. The Bertz CT molecular complexity index is 615. The van der Waals surface area contributed by atoms with Gasteiger partial charge in [0, 0.05) is 6.54 Å². The van der Waals surface area contributed by atoms with E-state index in [-0.39, 0.29) is 30.4 Å². The Morgan fingerprint density at radius 2 is 2.05 bits per heavy atom. The Morgan fingerprint density at radius 1 is 1.33 bits per heavy atom. The first-order valence-electron chi connectivity index (χ1n) is 6.32. The molecule has 7 nitrogen and oxygen atoms in total. The van der Waals surface area contributed by atoms with Crippen LogP contribution in [0.4, 0.5) is 0 Å². The number of carbonyl (C=O) groups is 1. The molecule has 0 aromatic heterocycles. The Balaban J connectivity index is 2.43. The lowest BCUT2D eigenvalue weighted by atomic mass is 10.3. The number of hydrogen-bond donors (Lipinski definition) is 0. The fourth-order valence-electron chi connectivity index (χ4n) is 2.16. The van der Waals surface area contributed by atoms with Gasteiger partial charge >= 0.3 is 5.97 Å². The summed E-state index contributed by atoms with van der Waals surface area (Å²) < 4.78 is 41.6. The van der Waals surface area contributed by atoms with Crippen molar-refractivity contribution in [2.45, 2.75) is 10.9 Å². The predicted octanol–water partition coefficient (Wildman–Crippen LogP) is 0.258. The molecule has 0 amide bonds. The molecule has 1 fully saturated rings. The molecular formula is C13H17NO6S. The first-order chi connectivity index (χ1) is 10.0. The highest BCUT2D eigenvalue weighted by Crippen LogP contribution is 2.28. The molecule has 8 heteroatoms. The van der Waals surface area contributed by atoms with Gasteiger partial charge in [-0.15, -0.1) is 0 Å². The van der Waals surface area contributed by atoms with Crippen LogP contribution in [0.1, 0.15) is 0 Å². The second kappa shape index (κ2) is 6.42. The van der Waals surface area contributed by atoms with Gasteiger partial charge in [0.25, 0.3) is 0 Å². The maximum absolute atomic E-state index is 12.8. The third kappa shape index (κ3) is 3.02. The van der Waals surface area contributed by atoms with Crippen LogP contribution < -0.4 is 4.74 Å². The lowest BCUT2D eigenvalue weighted by Crippen LogP contribution is -2.52. The zero-order valence-corrected chi connectivity index (χ0v) is 12.6. The molecule has 1 atom stereocenters. The van der Waals surface area contributed by atoms with Crippen molar-refractivity contribution in [3.05, 3.63) is 24.3 Å². The third-order valence-electron chi connectivity index (χ3n) is 3.21.